The summed E-state index contributed by atoms with van der Waals surface area (Å²) in [6.45, 7) is 1.04. The number of rotatable bonds is 4. The Morgan fingerprint density at radius 2 is 1.52 bits per heavy atom. The van der Waals surface area contributed by atoms with Gasteiger partial charge in [-0.3, -0.25) is 20.4 Å². The smallest absolute Gasteiger partial charge is 0.267 e. The second-order valence-electron chi connectivity index (χ2n) is 8.17. The van der Waals surface area contributed by atoms with Crippen molar-refractivity contribution in [2.24, 2.45) is 0 Å². The predicted molar refractivity (Wildman–Crippen MR) is 127 cm³/mol. The molecule has 3 aromatic rings. The minimum Gasteiger partial charge on any atom is -0.267 e. The normalized spacial score (nSPS) is 15.5. The van der Waals surface area contributed by atoms with E-state index >= 15 is 0 Å². The van der Waals surface area contributed by atoms with Gasteiger partial charge in [-0.2, -0.15) is 4.31 Å². The molecule has 0 radical (unpaired) electrons. The Balaban J connectivity index is 1.24. The molecule has 0 saturated carbocycles. The summed E-state index contributed by atoms with van der Waals surface area (Å²) in [7, 11) is -3.53. The molecule has 7 nitrogen and oxygen atoms in total. The average molecular weight is 482 g/mol. The number of fused-ring (bicyclic) bond motifs is 3. The zero-order valence-electron chi connectivity index (χ0n) is 17.8. The van der Waals surface area contributed by atoms with Gasteiger partial charge in [0, 0.05) is 23.5 Å². The maximum atomic E-state index is 12.6. The molecule has 170 valence electrons. The SMILES string of the molecule is O=C(NNC(=O)c1cc2c(s1)-c1ccccc1CC2)c1ccc(S(=O)(=O)N2CCCC2)cc1. The molecule has 0 unspecified atom stereocenters. The summed E-state index contributed by atoms with van der Waals surface area (Å²) in [5, 5.41) is 0. The number of hydrogen-bond donors (Lipinski definition) is 2. The van der Waals surface area contributed by atoms with Crippen LogP contribution in [0, 0.1) is 0 Å². The number of amides is 2. The summed E-state index contributed by atoms with van der Waals surface area (Å²) < 4.78 is 26.7. The third-order valence-electron chi connectivity index (χ3n) is 6.07. The molecule has 2 aliphatic rings. The average Bonchev–Trinajstić information content (AvgIpc) is 3.53. The third kappa shape index (κ3) is 4.19. The van der Waals surface area contributed by atoms with Crippen LogP contribution in [0.15, 0.2) is 59.5 Å². The van der Waals surface area contributed by atoms with Crippen molar-refractivity contribution in [3.63, 3.8) is 0 Å². The number of nitrogens with one attached hydrogen (secondary N) is 2. The van der Waals surface area contributed by atoms with Crippen molar-refractivity contribution in [2.45, 2.75) is 30.6 Å². The van der Waals surface area contributed by atoms with Crippen LogP contribution in [0.4, 0.5) is 0 Å². The van der Waals surface area contributed by atoms with Crippen molar-refractivity contribution < 1.29 is 18.0 Å². The Labute approximate surface area is 196 Å². The maximum absolute atomic E-state index is 12.6. The highest BCUT2D eigenvalue weighted by Crippen LogP contribution is 2.39. The zero-order valence-corrected chi connectivity index (χ0v) is 19.5. The second-order valence-corrected chi connectivity index (χ2v) is 11.2. The lowest BCUT2D eigenvalue weighted by Gasteiger charge is -2.15. The molecule has 1 aliphatic carbocycles. The van der Waals surface area contributed by atoms with Crippen molar-refractivity contribution in [1.29, 1.82) is 0 Å². The fourth-order valence-corrected chi connectivity index (χ4v) is 6.97. The molecule has 33 heavy (non-hydrogen) atoms. The van der Waals surface area contributed by atoms with Crippen LogP contribution in [0.25, 0.3) is 10.4 Å². The quantitative estimate of drug-likeness (QED) is 0.559. The van der Waals surface area contributed by atoms with E-state index in [4.69, 9.17) is 0 Å². The van der Waals surface area contributed by atoms with Crippen LogP contribution in [0.1, 0.15) is 44.0 Å². The molecule has 2 amide bonds. The van der Waals surface area contributed by atoms with Crippen molar-refractivity contribution >= 4 is 33.2 Å². The molecule has 5 rings (SSSR count). The molecule has 1 aromatic heterocycles. The van der Waals surface area contributed by atoms with Gasteiger partial charge in [0.05, 0.1) is 9.77 Å². The summed E-state index contributed by atoms with van der Waals surface area (Å²) in [6, 6.07) is 15.8. The molecule has 9 heteroatoms. The van der Waals surface area contributed by atoms with Gasteiger partial charge in [0.2, 0.25) is 10.0 Å². The van der Waals surface area contributed by atoms with Crippen LogP contribution in [-0.2, 0) is 22.9 Å². The first kappa shape index (κ1) is 21.8. The summed E-state index contributed by atoms with van der Waals surface area (Å²) in [5.74, 6) is -0.895. The number of thiophene rings is 1. The Morgan fingerprint density at radius 1 is 0.848 bits per heavy atom. The van der Waals surface area contributed by atoms with E-state index in [1.54, 1.807) is 0 Å². The van der Waals surface area contributed by atoms with Gasteiger partial charge in [0.15, 0.2) is 0 Å². The number of hydrazine groups is 1. The summed E-state index contributed by atoms with van der Waals surface area (Å²) in [6.07, 6.45) is 3.55. The highest BCUT2D eigenvalue weighted by Gasteiger charge is 2.27. The van der Waals surface area contributed by atoms with Gasteiger partial charge in [-0.25, -0.2) is 8.42 Å². The monoisotopic (exact) mass is 481 g/mol. The molecule has 2 aromatic carbocycles. The lowest BCUT2D eigenvalue weighted by atomic mass is 9.91. The molecule has 0 bridgehead atoms. The lowest BCUT2D eigenvalue weighted by Crippen LogP contribution is -2.41. The molecule has 1 fully saturated rings. The van der Waals surface area contributed by atoms with Crippen LogP contribution >= 0.6 is 11.3 Å². The molecule has 0 atom stereocenters. The molecule has 2 N–H and O–H groups in total. The fourth-order valence-electron chi connectivity index (χ4n) is 4.29. The summed E-state index contributed by atoms with van der Waals surface area (Å²) in [5.41, 5.74) is 8.73. The van der Waals surface area contributed by atoms with Gasteiger partial charge in [-0.05, 0) is 72.7 Å². The van der Waals surface area contributed by atoms with Crippen molar-refractivity contribution in [3.8, 4) is 10.4 Å². The first-order valence-electron chi connectivity index (χ1n) is 10.9. The molecule has 1 saturated heterocycles. The van der Waals surface area contributed by atoms with Crippen molar-refractivity contribution in [2.75, 3.05) is 13.1 Å². The number of nitrogens with zero attached hydrogens (tertiary/aromatic N) is 1. The van der Waals surface area contributed by atoms with Crippen molar-refractivity contribution in [3.05, 3.63) is 76.2 Å². The zero-order chi connectivity index (χ0) is 23.0. The van der Waals surface area contributed by atoms with E-state index in [2.05, 4.69) is 23.0 Å². The number of sulfonamides is 1. The number of aryl methyl sites for hydroxylation is 2. The number of carbonyl (C=O) groups is 2. The Morgan fingerprint density at radius 3 is 2.27 bits per heavy atom. The molecule has 1 aliphatic heterocycles. The van der Waals surface area contributed by atoms with Crippen LogP contribution in [0.3, 0.4) is 0 Å². The predicted octanol–water partition coefficient (Wildman–Crippen LogP) is 3.37. The Kier molecular flexibility index (Phi) is 5.77. The Hall–Kier alpha value is -3.01. The minimum absolute atomic E-state index is 0.162. The topological polar surface area (TPSA) is 95.6 Å². The van der Waals surface area contributed by atoms with Gasteiger partial charge >= 0.3 is 0 Å². The van der Waals surface area contributed by atoms with Crippen LogP contribution in [0.5, 0.6) is 0 Å². The number of benzene rings is 2. The summed E-state index contributed by atoms with van der Waals surface area (Å²) in [4.78, 5) is 26.9. The van der Waals surface area contributed by atoms with E-state index in [0.717, 1.165) is 41.7 Å². The molecular weight excluding hydrogens is 458 g/mol. The molecule has 0 spiro atoms. The third-order valence-corrected chi connectivity index (χ3v) is 9.19. The fraction of sp³-hybridized carbons (Fsp3) is 0.250. The van der Waals surface area contributed by atoms with E-state index in [9.17, 15) is 18.0 Å². The molecular formula is C24H23N3O4S2. The van der Waals surface area contributed by atoms with E-state index in [1.165, 1.54) is 45.5 Å². The van der Waals surface area contributed by atoms with E-state index < -0.39 is 15.9 Å². The largest absolute Gasteiger partial charge is 0.279 e. The van der Waals surface area contributed by atoms with Gasteiger partial charge in [-0.1, -0.05) is 24.3 Å². The van der Waals surface area contributed by atoms with E-state index in [1.807, 2.05) is 18.2 Å². The second kappa shape index (κ2) is 8.74. The standard InChI is InChI=1S/C24H23N3O4S2/c28-23(17-9-11-19(12-10-17)33(30,31)27-13-3-4-14-27)25-26-24(29)21-15-18-8-7-16-5-1-2-6-20(16)22(18)32-21/h1-2,5-6,9-12,15H,3-4,7-8,13-14H2,(H,25,28)(H,26,29). The minimum atomic E-state index is -3.53. The Bertz CT molecular complexity index is 1320. The van der Waals surface area contributed by atoms with Crippen molar-refractivity contribution in [1.82, 2.24) is 15.2 Å². The molecule has 2 heterocycles. The lowest BCUT2D eigenvalue weighted by molar-refractivity contribution is 0.0849. The van der Waals surface area contributed by atoms with Gasteiger partial charge in [0.1, 0.15) is 0 Å². The van der Waals surface area contributed by atoms with E-state index in [-0.39, 0.29) is 16.4 Å². The highest BCUT2D eigenvalue weighted by atomic mass is 32.2. The van der Waals surface area contributed by atoms with Crippen LogP contribution in [0.2, 0.25) is 0 Å². The highest BCUT2D eigenvalue weighted by molar-refractivity contribution is 7.89. The van der Waals surface area contributed by atoms with Gasteiger partial charge in [-0.15, -0.1) is 11.3 Å². The van der Waals surface area contributed by atoms with Gasteiger partial charge < -0.3 is 0 Å². The summed E-state index contributed by atoms with van der Waals surface area (Å²) >= 11 is 1.42. The first-order chi connectivity index (χ1) is 15.9. The van der Waals surface area contributed by atoms with Crippen LogP contribution < -0.4 is 10.9 Å². The number of carbonyl (C=O) groups excluding carboxylic acids is 2. The maximum Gasteiger partial charge on any atom is 0.279 e. The first-order valence-corrected chi connectivity index (χ1v) is 13.1. The van der Waals surface area contributed by atoms with Crippen LogP contribution in [-0.4, -0.2) is 37.6 Å². The van der Waals surface area contributed by atoms with E-state index in [0.29, 0.717) is 18.0 Å². The van der Waals surface area contributed by atoms with Gasteiger partial charge in [0.25, 0.3) is 11.8 Å². The number of hydrogen-bond acceptors (Lipinski definition) is 5.